The Hall–Kier alpha value is -2.83. The summed E-state index contributed by atoms with van der Waals surface area (Å²) in [6, 6.07) is 6.89. The molecule has 0 radical (unpaired) electrons. The van der Waals surface area contributed by atoms with Crippen molar-refractivity contribution in [2.45, 2.75) is 18.9 Å². The van der Waals surface area contributed by atoms with Crippen LogP contribution in [-0.4, -0.2) is 54.0 Å². The van der Waals surface area contributed by atoms with Gasteiger partial charge in [0.2, 0.25) is 5.91 Å². The molecule has 0 unspecified atom stereocenters. The lowest BCUT2D eigenvalue weighted by Crippen LogP contribution is -2.70. The first-order valence-electron chi connectivity index (χ1n) is 8.21. The van der Waals surface area contributed by atoms with Crippen LogP contribution in [0.15, 0.2) is 33.5 Å². The van der Waals surface area contributed by atoms with E-state index in [1.165, 1.54) is 6.07 Å². The van der Waals surface area contributed by atoms with Crippen molar-refractivity contribution in [1.29, 1.82) is 0 Å². The van der Waals surface area contributed by atoms with Crippen LogP contribution >= 0.6 is 0 Å². The third-order valence-electron chi connectivity index (χ3n) is 5.24. The van der Waals surface area contributed by atoms with Crippen molar-refractivity contribution in [3.8, 4) is 0 Å². The highest BCUT2D eigenvalue weighted by Gasteiger charge is 2.53. The van der Waals surface area contributed by atoms with E-state index in [0.29, 0.717) is 30.8 Å². The largest absolute Gasteiger partial charge is 0.423 e. The molecule has 4 rings (SSSR count). The van der Waals surface area contributed by atoms with Gasteiger partial charge in [-0.1, -0.05) is 12.1 Å². The maximum Gasteiger partial charge on any atom is 0.336 e. The minimum atomic E-state index is -0.452. The molecule has 7 nitrogen and oxygen atoms in total. The molecule has 25 heavy (non-hydrogen) atoms. The van der Waals surface area contributed by atoms with Crippen LogP contribution in [0.5, 0.6) is 0 Å². The second-order valence-electron chi connectivity index (χ2n) is 6.96. The summed E-state index contributed by atoms with van der Waals surface area (Å²) in [5.41, 5.74) is 1.42. The van der Waals surface area contributed by atoms with Gasteiger partial charge in [0, 0.05) is 38.1 Å². The number of likely N-dealkylation sites (N-methyl/N-ethyl adjacent to an activating group) is 1. The van der Waals surface area contributed by atoms with Gasteiger partial charge < -0.3 is 19.5 Å². The van der Waals surface area contributed by atoms with Crippen LogP contribution in [0.3, 0.4) is 0 Å². The lowest BCUT2D eigenvalue weighted by Gasteiger charge is -2.50. The third kappa shape index (κ3) is 2.47. The molecule has 2 aromatic rings. The first kappa shape index (κ1) is 15.7. The van der Waals surface area contributed by atoms with Gasteiger partial charge in [0.05, 0.1) is 12.0 Å². The molecule has 2 aliphatic rings. The average Bonchev–Trinajstić information content (AvgIpc) is 2.81. The van der Waals surface area contributed by atoms with Crippen LogP contribution in [0.4, 0.5) is 4.79 Å². The monoisotopic (exact) mass is 341 g/mol. The number of aryl methyl sites for hydroxylation is 1. The normalized spacial score (nSPS) is 18.6. The number of nitrogens with one attached hydrogen (secondary N) is 1. The van der Waals surface area contributed by atoms with Gasteiger partial charge in [-0.3, -0.25) is 4.79 Å². The quantitative estimate of drug-likeness (QED) is 0.822. The zero-order valence-corrected chi connectivity index (χ0v) is 14.2. The van der Waals surface area contributed by atoms with Crippen molar-refractivity contribution in [3.05, 3.63) is 45.8 Å². The van der Waals surface area contributed by atoms with E-state index < -0.39 is 5.63 Å². The zero-order valence-electron chi connectivity index (χ0n) is 14.2. The smallest absolute Gasteiger partial charge is 0.336 e. The van der Waals surface area contributed by atoms with E-state index in [-0.39, 0.29) is 23.9 Å². The number of benzene rings is 1. The van der Waals surface area contributed by atoms with Crippen LogP contribution in [0.2, 0.25) is 0 Å². The topological polar surface area (TPSA) is 82.9 Å². The molecule has 3 heterocycles. The van der Waals surface area contributed by atoms with Gasteiger partial charge in [0.1, 0.15) is 5.58 Å². The molecule has 1 spiro atoms. The van der Waals surface area contributed by atoms with Crippen molar-refractivity contribution in [2.24, 2.45) is 0 Å². The Morgan fingerprint density at radius 3 is 2.72 bits per heavy atom. The van der Waals surface area contributed by atoms with Crippen molar-refractivity contribution in [2.75, 3.05) is 26.7 Å². The molecule has 0 bridgehead atoms. The first-order valence-corrected chi connectivity index (χ1v) is 8.21. The number of hydrogen-bond acceptors (Lipinski definition) is 4. The molecule has 3 amide bonds. The lowest BCUT2D eigenvalue weighted by molar-refractivity contribution is -0.141. The molecule has 1 aromatic heterocycles. The molecule has 2 fully saturated rings. The van der Waals surface area contributed by atoms with Gasteiger partial charge in [-0.15, -0.1) is 0 Å². The van der Waals surface area contributed by atoms with Crippen LogP contribution in [0, 0.1) is 6.92 Å². The summed E-state index contributed by atoms with van der Waals surface area (Å²) in [6.07, 6.45) is 0.145. The zero-order chi connectivity index (χ0) is 17.8. The number of amides is 3. The highest BCUT2D eigenvalue weighted by atomic mass is 16.4. The SMILES string of the molecule is Cc1ccc2c(CC(=O)N3CC4(CNC(=O)N4C)C3)cc(=O)oc2c1. The Kier molecular flexibility index (Phi) is 3.35. The Morgan fingerprint density at radius 1 is 1.28 bits per heavy atom. The second-order valence-corrected chi connectivity index (χ2v) is 6.96. The van der Waals surface area contributed by atoms with Gasteiger partial charge >= 0.3 is 11.7 Å². The molecule has 1 N–H and O–H groups in total. The second kappa shape index (κ2) is 5.34. The predicted molar refractivity (Wildman–Crippen MR) is 91.4 cm³/mol. The van der Waals surface area contributed by atoms with Gasteiger partial charge in [0.15, 0.2) is 0 Å². The van der Waals surface area contributed by atoms with Gasteiger partial charge in [-0.05, 0) is 24.1 Å². The van der Waals surface area contributed by atoms with Gasteiger partial charge in [-0.25, -0.2) is 9.59 Å². The molecule has 0 aliphatic carbocycles. The van der Waals surface area contributed by atoms with Crippen molar-refractivity contribution in [1.82, 2.24) is 15.1 Å². The van der Waals surface area contributed by atoms with E-state index >= 15 is 0 Å². The molecule has 0 atom stereocenters. The van der Waals surface area contributed by atoms with E-state index in [4.69, 9.17) is 4.42 Å². The number of nitrogens with zero attached hydrogens (tertiary/aromatic N) is 2. The fraction of sp³-hybridized carbons (Fsp3) is 0.389. The molecular weight excluding hydrogens is 322 g/mol. The first-order chi connectivity index (χ1) is 11.9. The number of rotatable bonds is 2. The van der Waals surface area contributed by atoms with E-state index in [9.17, 15) is 14.4 Å². The van der Waals surface area contributed by atoms with Crippen molar-refractivity contribution >= 4 is 22.9 Å². The summed E-state index contributed by atoms with van der Waals surface area (Å²) in [7, 11) is 1.75. The number of likely N-dealkylation sites (tertiary alicyclic amines) is 1. The minimum Gasteiger partial charge on any atom is -0.423 e. The summed E-state index contributed by atoms with van der Waals surface area (Å²) in [5.74, 6) is -0.0501. The average molecular weight is 341 g/mol. The molecule has 2 aliphatic heterocycles. The number of fused-ring (bicyclic) bond motifs is 1. The Balaban J connectivity index is 1.54. The molecule has 0 saturated carbocycles. The number of hydrogen-bond donors (Lipinski definition) is 1. The maximum absolute atomic E-state index is 12.6. The highest BCUT2D eigenvalue weighted by molar-refractivity contribution is 5.88. The standard InChI is InChI=1S/C18H19N3O4/c1-11-3-4-13-12(7-16(23)25-14(13)5-11)6-15(22)21-9-18(10-21)8-19-17(24)20(18)2/h3-5,7H,6,8-10H2,1-2H3,(H,19,24). The molecule has 1 aromatic carbocycles. The Bertz CT molecular complexity index is 943. The number of carbonyl (C=O) groups excluding carboxylic acids is 2. The fourth-order valence-electron chi connectivity index (χ4n) is 3.62. The fourth-order valence-corrected chi connectivity index (χ4v) is 3.62. The van der Waals surface area contributed by atoms with Crippen molar-refractivity contribution < 1.29 is 14.0 Å². The summed E-state index contributed by atoms with van der Waals surface area (Å²) >= 11 is 0. The molecule has 7 heteroatoms. The summed E-state index contributed by atoms with van der Waals surface area (Å²) in [6.45, 7) is 3.51. The minimum absolute atomic E-state index is 0.0501. The van der Waals surface area contributed by atoms with Crippen LogP contribution < -0.4 is 10.9 Å². The molecule has 130 valence electrons. The van der Waals surface area contributed by atoms with Gasteiger partial charge in [-0.2, -0.15) is 0 Å². The van der Waals surface area contributed by atoms with Crippen molar-refractivity contribution in [3.63, 3.8) is 0 Å². The number of carbonyl (C=O) groups is 2. The third-order valence-corrected chi connectivity index (χ3v) is 5.24. The summed E-state index contributed by atoms with van der Waals surface area (Å²) in [4.78, 5) is 39.4. The molecule has 2 saturated heterocycles. The molecular formula is C18H19N3O4. The Labute approximate surface area is 144 Å². The van der Waals surface area contributed by atoms with E-state index in [1.54, 1.807) is 22.9 Å². The highest BCUT2D eigenvalue weighted by Crippen LogP contribution is 2.30. The Morgan fingerprint density at radius 2 is 2.04 bits per heavy atom. The lowest BCUT2D eigenvalue weighted by atomic mass is 9.89. The number of urea groups is 1. The summed E-state index contributed by atoms with van der Waals surface area (Å²) < 4.78 is 5.23. The van der Waals surface area contributed by atoms with E-state index in [0.717, 1.165) is 10.9 Å². The van der Waals surface area contributed by atoms with Gasteiger partial charge in [0.25, 0.3) is 0 Å². The predicted octanol–water partition coefficient (Wildman–Crippen LogP) is 0.880. The van der Waals surface area contributed by atoms with Crippen LogP contribution in [0.25, 0.3) is 11.0 Å². The summed E-state index contributed by atoms with van der Waals surface area (Å²) in [5, 5.41) is 3.58. The maximum atomic E-state index is 12.6. The van der Waals surface area contributed by atoms with Crippen LogP contribution in [0.1, 0.15) is 11.1 Å². The van der Waals surface area contributed by atoms with Crippen LogP contribution in [-0.2, 0) is 11.2 Å². The van der Waals surface area contributed by atoms with E-state index in [1.807, 2.05) is 19.1 Å². The van der Waals surface area contributed by atoms with E-state index in [2.05, 4.69) is 5.32 Å².